The molecule has 123 heavy (non-hydrogen) atoms. The lowest BCUT2D eigenvalue weighted by Crippen LogP contribution is -2.55. The number of aromatic nitrogens is 9. The molecule has 636 valence electrons. The number of pyridine rings is 3. The van der Waals surface area contributed by atoms with Gasteiger partial charge in [-0.3, -0.25) is 44.0 Å². The molecular formula is C92H100Cl3N21O7. The summed E-state index contributed by atoms with van der Waals surface area (Å²) in [5.41, 5.74) is 17.7. The van der Waals surface area contributed by atoms with Crippen molar-refractivity contribution in [1.82, 2.24) is 94.3 Å². The third kappa shape index (κ3) is 19.9. The van der Waals surface area contributed by atoms with Gasteiger partial charge in [-0.1, -0.05) is 83.3 Å². The molecule has 3 fully saturated rings. The van der Waals surface area contributed by atoms with Crippen molar-refractivity contribution in [3.8, 4) is 0 Å². The number of piperazine rings is 3. The molecule has 0 bridgehead atoms. The third-order valence-corrected chi connectivity index (χ3v) is 23.3. The highest BCUT2D eigenvalue weighted by Gasteiger charge is 2.41. The van der Waals surface area contributed by atoms with Crippen LogP contribution in [0, 0.1) is 6.57 Å². The molecule has 0 saturated carbocycles. The second-order valence-corrected chi connectivity index (χ2v) is 33.9. The van der Waals surface area contributed by atoms with Crippen molar-refractivity contribution in [2.24, 2.45) is 21.1 Å². The quantitative estimate of drug-likeness (QED) is 0.0632. The first kappa shape index (κ1) is 87.0. The van der Waals surface area contributed by atoms with E-state index in [0.29, 0.717) is 105 Å². The first-order valence-corrected chi connectivity index (χ1v) is 42.1. The van der Waals surface area contributed by atoms with Crippen LogP contribution in [0.5, 0.6) is 0 Å². The molecular weight excluding hydrogens is 1620 g/mol. The monoisotopic (exact) mass is 1720 g/mol. The predicted octanol–water partition coefficient (Wildman–Crippen LogP) is 14.6. The Morgan fingerprint density at radius 1 is 0.463 bits per heavy atom. The summed E-state index contributed by atoms with van der Waals surface area (Å²) in [6.45, 7) is 28.6. The van der Waals surface area contributed by atoms with E-state index >= 15 is 0 Å². The van der Waals surface area contributed by atoms with Crippen LogP contribution >= 0.6 is 34.8 Å². The van der Waals surface area contributed by atoms with Crippen LogP contribution in [0.3, 0.4) is 0 Å². The topological polar surface area (TPSA) is 288 Å². The van der Waals surface area contributed by atoms with E-state index < -0.39 is 18.1 Å². The van der Waals surface area contributed by atoms with Crippen molar-refractivity contribution in [3.63, 3.8) is 0 Å². The molecule has 8 amide bonds. The summed E-state index contributed by atoms with van der Waals surface area (Å²) < 4.78 is 11.2. The Balaban J connectivity index is 0.000000151. The number of aryl methyl sites for hydroxylation is 3. The smallest absolute Gasteiger partial charge is 0.410 e. The van der Waals surface area contributed by atoms with Crippen molar-refractivity contribution >= 4 is 117 Å². The summed E-state index contributed by atoms with van der Waals surface area (Å²) in [7, 11) is 5.74. The minimum atomic E-state index is -0.478. The summed E-state index contributed by atoms with van der Waals surface area (Å²) >= 11 is 19.8. The largest absolute Gasteiger partial charge is 0.447 e. The van der Waals surface area contributed by atoms with E-state index in [2.05, 4.69) is 91.4 Å². The number of fused-ring (bicyclic) bond motifs is 6. The summed E-state index contributed by atoms with van der Waals surface area (Å²) in [5.74, 6) is -0.459. The van der Waals surface area contributed by atoms with Crippen LogP contribution in [0.4, 0.5) is 25.8 Å². The van der Waals surface area contributed by atoms with Crippen molar-refractivity contribution in [3.05, 3.63) is 282 Å². The lowest BCUT2D eigenvalue weighted by molar-refractivity contribution is -0.120. The number of rotatable bonds is 14. The Bertz CT molecular complexity index is 5740. The molecule has 0 spiro atoms. The fourth-order valence-corrected chi connectivity index (χ4v) is 17.4. The average Bonchev–Trinajstić information content (AvgIpc) is 1.67. The Labute approximate surface area is 730 Å². The molecule has 5 N–H and O–H groups in total. The number of anilines is 1. The number of halogens is 3. The second kappa shape index (κ2) is 38.0. The Morgan fingerprint density at radius 2 is 0.797 bits per heavy atom. The molecule has 3 aliphatic heterocycles. The summed E-state index contributed by atoms with van der Waals surface area (Å²) in [6, 6.07) is 34.4. The zero-order valence-electron chi connectivity index (χ0n) is 70.6. The first-order chi connectivity index (χ1) is 59.1. The maximum atomic E-state index is 13.1. The maximum Gasteiger partial charge on any atom is 0.410 e. The Hall–Kier alpha value is -12.4. The van der Waals surface area contributed by atoms with Gasteiger partial charge >= 0.3 is 18.2 Å². The molecule has 4 aromatic carbocycles. The van der Waals surface area contributed by atoms with Crippen LogP contribution < -0.4 is 26.6 Å². The summed E-state index contributed by atoms with van der Waals surface area (Å²) in [5, 5.41) is 17.2. The highest BCUT2D eigenvalue weighted by molar-refractivity contribution is 6.31. The molecule has 6 aliphatic rings. The maximum absolute atomic E-state index is 13.1. The van der Waals surface area contributed by atoms with E-state index in [-0.39, 0.29) is 65.6 Å². The molecule has 3 unspecified atom stereocenters. The number of nitrogens with zero attached hydrogens (tertiary/aromatic N) is 16. The van der Waals surface area contributed by atoms with Gasteiger partial charge in [0.25, 0.3) is 0 Å². The Morgan fingerprint density at radius 3 is 1.10 bits per heavy atom. The van der Waals surface area contributed by atoms with Crippen LogP contribution in [-0.4, -0.2) is 199 Å². The van der Waals surface area contributed by atoms with Crippen LogP contribution in [0.15, 0.2) is 171 Å². The third-order valence-electron chi connectivity index (χ3n) is 22.5. The highest BCUT2D eigenvalue weighted by atomic mass is 35.5. The molecule has 16 rings (SSSR count). The number of nitrogens with one attached hydrogen (secondary N) is 5. The van der Waals surface area contributed by atoms with Gasteiger partial charge < -0.3 is 59.7 Å². The number of carbonyl (C=O) groups is 6. The lowest BCUT2D eigenvalue weighted by Gasteiger charge is -2.40. The van der Waals surface area contributed by atoms with Gasteiger partial charge in [-0.15, -0.1) is 0 Å². The molecule has 9 heterocycles. The van der Waals surface area contributed by atoms with Crippen LogP contribution in [0.1, 0.15) is 176 Å². The summed E-state index contributed by atoms with van der Waals surface area (Å²) in [6.07, 6.45) is 21.8. The van der Waals surface area contributed by atoms with Crippen LogP contribution in [-0.2, 0) is 40.3 Å². The zero-order valence-corrected chi connectivity index (χ0v) is 72.8. The zero-order chi connectivity index (χ0) is 87.1. The average molecular weight is 1720 g/mol. The molecule has 10 aromatic rings. The van der Waals surface area contributed by atoms with Gasteiger partial charge in [0.15, 0.2) is 5.69 Å². The molecule has 3 saturated heterocycles. The van der Waals surface area contributed by atoms with Gasteiger partial charge in [-0.25, -0.2) is 34.2 Å². The number of hydrogen-bond donors (Lipinski definition) is 5. The number of imidazole rings is 3. The van der Waals surface area contributed by atoms with E-state index in [0.717, 1.165) is 101 Å². The van der Waals surface area contributed by atoms with E-state index in [1.165, 1.54) is 20.8 Å². The van der Waals surface area contributed by atoms with Crippen molar-refractivity contribution < 1.29 is 33.5 Å². The number of amides is 8. The number of hydrogen-bond acceptors (Lipinski definition) is 16. The van der Waals surface area contributed by atoms with Gasteiger partial charge in [-0.2, -0.15) is 0 Å². The Kier molecular flexibility index (Phi) is 26.8. The minimum Gasteiger partial charge on any atom is -0.447 e. The second-order valence-electron chi connectivity index (χ2n) is 32.6. The lowest BCUT2D eigenvalue weighted by atomic mass is 9.89. The molecule has 6 aromatic heterocycles. The fourth-order valence-electron chi connectivity index (χ4n) is 16.9. The first-order valence-electron chi connectivity index (χ1n) is 40.9. The van der Waals surface area contributed by atoms with Crippen LogP contribution in [0.25, 0.3) is 39.8 Å². The van der Waals surface area contributed by atoms with Crippen molar-refractivity contribution in [2.75, 3.05) is 83.9 Å². The van der Waals surface area contributed by atoms with Gasteiger partial charge in [0.05, 0.1) is 121 Å². The van der Waals surface area contributed by atoms with Crippen molar-refractivity contribution in [1.29, 1.82) is 0 Å². The summed E-state index contributed by atoms with van der Waals surface area (Å²) in [4.78, 5) is 119. The van der Waals surface area contributed by atoms with Gasteiger partial charge in [0, 0.05) is 165 Å². The van der Waals surface area contributed by atoms with E-state index in [1.54, 1.807) is 77.8 Å². The van der Waals surface area contributed by atoms with E-state index in [4.69, 9.17) is 61.1 Å². The predicted molar refractivity (Wildman–Crippen MR) is 477 cm³/mol. The van der Waals surface area contributed by atoms with E-state index in [1.807, 2.05) is 166 Å². The fraction of sp³-hybridized carbons (Fsp3) is 0.337. The SMILES string of the molecule is CC(=O)NC(C1=Cc2cccnc2[C@@H](N2CCN(C(=O)NC(C)(C)C)CC2)c2ccc(Cl)cc21)c1cncn1C.CC(=O)NC(C1=Cc2cccnc2[C@@H](N2CCN(C(=O)OC(C)C)CC2)c2ccc(Cl)cc21)c1cncn1C.[C-]#[N+]c1ccc(NC(=O)N2CCN([C@H]3c4ccc(Cl)cc4C(C(NC(C)=O)c4cncn4C)=Cc4cccnc43)CC2)cc1. The van der Waals surface area contributed by atoms with E-state index in [9.17, 15) is 28.8 Å². The number of benzene rings is 4. The standard InChI is InChI=1S/C33H31ClN8O2.C30H36ClN7O2.C29H33ClN6O3/c1-21(43)38-31(29-19-36-20-40(29)3)28-17-22-5-4-12-37-30(22)32(26-11-6-23(34)18-27(26)28)41-13-15-42(16-14-41)33(44)39-25-9-7-24(35-2)8-10-25;1-19(39)34-27(25-17-32-18-36(25)5)24-15-20-7-6-10-33-26(20)28(22-9-8-21(31)16-23(22)24)37-11-13-38(14-12-37)29(40)35-30(2,3)4;1-18(2)39-29(38)36-12-10-35(11-13-36)28-22-8-7-21(30)15-23(22)24(14-20-6-5-9-32-26(20)28)27(33-19(3)37)25-16-31-17-34(25)4/h4-12,17-20,31-32H,13-16H2,1,3H3,(H,38,43)(H,39,44);6-10,15-18,27-28H,11-14H2,1-5H3,(H,34,39)(H,35,40);5-9,14-18,27-28H,10-13H2,1-4H3,(H,33,37)/t31?,32-;2*27?,28-/m000/s1. The van der Waals surface area contributed by atoms with Crippen molar-refractivity contribution in [2.45, 2.75) is 103 Å². The molecule has 3 aliphatic carbocycles. The van der Waals surface area contributed by atoms with Gasteiger partial charge in [0.2, 0.25) is 17.7 Å². The molecule has 0 radical (unpaired) electrons. The van der Waals surface area contributed by atoms with Gasteiger partial charge in [-0.05, 0) is 186 Å². The van der Waals surface area contributed by atoms with Crippen LogP contribution in [0.2, 0.25) is 15.1 Å². The highest BCUT2D eigenvalue weighted by Crippen LogP contribution is 2.49. The number of ether oxygens (including phenoxy) is 1. The van der Waals surface area contributed by atoms with Gasteiger partial charge in [0.1, 0.15) is 0 Å². The molecule has 6 atom stereocenters. The normalized spacial score (nSPS) is 17.7. The number of urea groups is 2. The number of carbonyl (C=O) groups excluding carboxylic acids is 6. The minimum absolute atomic E-state index is 0.0444. The molecule has 31 heteroatoms. The molecule has 28 nitrogen and oxygen atoms in total.